The van der Waals surface area contributed by atoms with Crippen molar-refractivity contribution in [3.8, 4) is 17.1 Å². The molecule has 0 radical (unpaired) electrons. The van der Waals surface area contributed by atoms with Gasteiger partial charge < -0.3 is 15.8 Å². The average molecular weight is 546 g/mol. The van der Waals surface area contributed by atoms with Gasteiger partial charge in [0.2, 0.25) is 15.9 Å². The molecule has 1 fully saturated rings. The first-order valence-corrected chi connectivity index (χ1v) is 12.4. The van der Waals surface area contributed by atoms with Crippen LogP contribution in [0.3, 0.4) is 0 Å². The van der Waals surface area contributed by atoms with Crippen LogP contribution in [0, 0.1) is 0 Å². The highest BCUT2D eigenvalue weighted by Crippen LogP contribution is 2.39. The van der Waals surface area contributed by atoms with Gasteiger partial charge in [0.25, 0.3) is 5.91 Å². The minimum atomic E-state index is -4.77. The summed E-state index contributed by atoms with van der Waals surface area (Å²) in [7, 11) is -2.52. The Balaban J connectivity index is 1.70. The van der Waals surface area contributed by atoms with Gasteiger partial charge in [-0.1, -0.05) is 0 Å². The molecular weight excluding hydrogens is 522 g/mol. The number of ether oxygens (including phenoxy) is 1. The average Bonchev–Trinajstić information content (AvgIpc) is 3.40. The van der Waals surface area contributed by atoms with Crippen molar-refractivity contribution in [1.82, 2.24) is 29.2 Å². The van der Waals surface area contributed by atoms with E-state index in [4.69, 9.17) is 10.5 Å². The molecule has 2 atom stereocenters. The number of aromatic nitrogens is 4. The number of fused-ring (bicyclic) bond motifs is 1. The van der Waals surface area contributed by atoms with Gasteiger partial charge in [0.05, 0.1) is 29.7 Å². The molecule has 4 heterocycles. The maximum absolute atomic E-state index is 14.7. The predicted octanol–water partition coefficient (Wildman–Crippen LogP) is 1.89. The molecule has 1 saturated heterocycles. The van der Waals surface area contributed by atoms with E-state index in [2.05, 4.69) is 20.4 Å². The molecular formula is C21H23F4N7O4S. The number of carbonyl (C=O) groups excluding carboxylic acids is 1. The number of nitrogens with one attached hydrogen (secondary N) is 1. The summed E-state index contributed by atoms with van der Waals surface area (Å²) >= 11 is 0. The molecule has 0 bridgehead atoms. The molecule has 16 heteroatoms. The Morgan fingerprint density at radius 1 is 1.24 bits per heavy atom. The predicted molar refractivity (Wildman–Crippen MR) is 124 cm³/mol. The normalized spacial score (nSPS) is 19.0. The molecule has 37 heavy (non-hydrogen) atoms. The van der Waals surface area contributed by atoms with Crippen molar-refractivity contribution < 1.29 is 35.5 Å². The van der Waals surface area contributed by atoms with E-state index < -0.39 is 63.0 Å². The van der Waals surface area contributed by atoms with E-state index in [1.54, 1.807) is 0 Å². The summed E-state index contributed by atoms with van der Waals surface area (Å²) in [6.45, 7) is 2.23. The van der Waals surface area contributed by atoms with Crippen LogP contribution in [0.25, 0.3) is 16.8 Å². The number of carbonyl (C=O) groups is 1. The molecule has 1 aliphatic rings. The van der Waals surface area contributed by atoms with Crippen LogP contribution in [-0.2, 0) is 16.2 Å². The Hall–Kier alpha value is -3.53. The van der Waals surface area contributed by atoms with Crippen molar-refractivity contribution in [2.45, 2.75) is 37.5 Å². The van der Waals surface area contributed by atoms with Gasteiger partial charge in [0.1, 0.15) is 23.6 Å². The molecule has 1 amide bonds. The third-order valence-electron chi connectivity index (χ3n) is 5.96. The van der Waals surface area contributed by atoms with Gasteiger partial charge in [0.15, 0.2) is 5.82 Å². The lowest BCUT2D eigenvalue weighted by molar-refractivity contribution is -0.136. The number of hydrogen-bond donors (Lipinski definition) is 2. The second-order valence-electron chi connectivity index (χ2n) is 8.63. The quantitative estimate of drug-likeness (QED) is 0.447. The Morgan fingerprint density at radius 2 is 1.95 bits per heavy atom. The zero-order chi connectivity index (χ0) is 27.3. The smallest absolute Gasteiger partial charge is 0.418 e. The number of nitrogens with zero attached hydrogens (tertiary/aromatic N) is 5. The summed E-state index contributed by atoms with van der Waals surface area (Å²) in [6.07, 6.45) is -4.29. The number of nitrogens with two attached hydrogens (primary N) is 1. The lowest BCUT2D eigenvalue weighted by atomic mass is 10.1. The molecule has 200 valence electrons. The molecule has 0 spiro atoms. The first-order valence-electron chi connectivity index (χ1n) is 10.9. The number of nitrogen functional groups attached to an aromatic ring is 1. The van der Waals surface area contributed by atoms with E-state index in [0.29, 0.717) is 0 Å². The molecule has 1 unspecified atom stereocenters. The van der Waals surface area contributed by atoms with E-state index in [1.807, 2.05) is 0 Å². The zero-order valence-corrected chi connectivity index (χ0v) is 20.6. The minimum absolute atomic E-state index is 0.0572. The summed E-state index contributed by atoms with van der Waals surface area (Å²) in [6, 6.07) is 0.855. The van der Waals surface area contributed by atoms with Crippen molar-refractivity contribution >= 4 is 27.3 Å². The van der Waals surface area contributed by atoms with Crippen LogP contribution in [0.5, 0.6) is 5.88 Å². The highest BCUT2D eigenvalue weighted by molar-refractivity contribution is 7.89. The maximum atomic E-state index is 14.7. The van der Waals surface area contributed by atoms with Crippen molar-refractivity contribution in [1.29, 1.82) is 0 Å². The number of pyridine rings is 1. The van der Waals surface area contributed by atoms with Crippen molar-refractivity contribution in [2.75, 3.05) is 25.9 Å². The summed E-state index contributed by atoms with van der Waals surface area (Å²) in [5.41, 5.74) is 3.90. The lowest BCUT2D eigenvalue weighted by Crippen LogP contribution is -2.42. The third-order valence-corrected chi connectivity index (χ3v) is 8.17. The van der Waals surface area contributed by atoms with Gasteiger partial charge >= 0.3 is 6.18 Å². The Bertz CT molecular complexity index is 1460. The fourth-order valence-corrected chi connectivity index (χ4v) is 5.34. The first-order chi connectivity index (χ1) is 17.3. The highest BCUT2D eigenvalue weighted by Gasteiger charge is 2.41. The van der Waals surface area contributed by atoms with Gasteiger partial charge in [-0.15, -0.1) is 0 Å². The topological polar surface area (TPSA) is 145 Å². The van der Waals surface area contributed by atoms with Gasteiger partial charge in [-0.3, -0.25) is 4.79 Å². The van der Waals surface area contributed by atoms with Crippen LogP contribution in [-0.4, -0.2) is 75.9 Å². The van der Waals surface area contributed by atoms with Gasteiger partial charge in [-0.2, -0.15) is 22.6 Å². The molecule has 1 aliphatic heterocycles. The summed E-state index contributed by atoms with van der Waals surface area (Å²) in [5, 5.41) is 5.53. The van der Waals surface area contributed by atoms with Crippen LogP contribution >= 0.6 is 0 Å². The maximum Gasteiger partial charge on any atom is 0.418 e. The summed E-state index contributed by atoms with van der Waals surface area (Å²) < 4.78 is 87.5. The first kappa shape index (κ1) is 26.5. The van der Waals surface area contributed by atoms with Gasteiger partial charge in [0, 0.05) is 24.8 Å². The Morgan fingerprint density at radius 3 is 2.57 bits per heavy atom. The molecule has 3 aromatic heterocycles. The number of sulfonamides is 1. The van der Waals surface area contributed by atoms with Crippen LogP contribution in [0.1, 0.15) is 29.8 Å². The highest BCUT2D eigenvalue weighted by atomic mass is 32.2. The van der Waals surface area contributed by atoms with Crippen molar-refractivity contribution in [3.63, 3.8) is 0 Å². The third kappa shape index (κ3) is 4.77. The largest absolute Gasteiger partial charge is 0.480 e. The van der Waals surface area contributed by atoms with Crippen molar-refractivity contribution in [2.24, 2.45) is 0 Å². The number of amides is 1. The molecule has 0 aromatic carbocycles. The zero-order valence-electron chi connectivity index (χ0n) is 19.8. The fourth-order valence-electron chi connectivity index (χ4n) is 4.03. The minimum Gasteiger partial charge on any atom is -0.480 e. The van der Waals surface area contributed by atoms with Crippen molar-refractivity contribution in [3.05, 3.63) is 35.8 Å². The summed E-state index contributed by atoms with van der Waals surface area (Å²) in [5.74, 6) is -1.43. The van der Waals surface area contributed by atoms with Gasteiger partial charge in [-0.25, -0.2) is 27.3 Å². The number of anilines is 1. The fraction of sp³-hybridized carbons (Fsp3) is 0.429. The Labute approximate surface area is 208 Å². The van der Waals surface area contributed by atoms with Crippen LogP contribution < -0.4 is 15.8 Å². The SMILES string of the molecule is COc1ncc(-c2cc(C(F)(F)F)c3c(N)ncnn23)cc1C(=O)NC1CN(S(=O)(=O)C(C)C)C[C@@H]1F. The number of hydrogen-bond acceptors (Lipinski definition) is 8. The number of methoxy groups -OCH3 is 1. The van der Waals surface area contributed by atoms with Crippen LogP contribution in [0.15, 0.2) is 24.7 Å². The number of halogens is 4. The monoisotopic (exact) mass is 545 g/mol. The molecule has 0 saturated carbocycles. The van der Waals surface area contributed by atoms with Crippen LogP contribution in [0.2, 0.25) is 0 Å². The Kier molecular flexibility index (Phi) is 6.74. The van der Waals surface area contributed by atoms with E-state index in [-0.39, 0.29) is 29.2 Å². The molecule has 4 rings (SSSR count). The molecule has 0 aliphatic carbocycles. The van der Waals surface area contributed by atoms with Gasteiger partial charge in [-0.05, 0) is 26.0 Å². The lowest BCUT2D eigenvalue weighted by Gasteiger charge is -2.19. The van der Waals surface area contributed by atoms with E-state index in [9.17, 15) is 30.8 Å². The van der Waals surface area contributed by atoms with E-state index in [1.165, 1.54) is 33.2 Å². The van der Waals surface area contributed by atoms with E-state index >= 15 is 0 Å². The second-order valence-corrected chi connectivity index (χ2v) is 11.1. The van der Waals surface area contributed by atoms with E-state index in [0.717, 1.165) is 21.2 Å². The molecule has 3 N–H and O–H groups in total. The van der Waals surface area contributed by atoms with Crippen LogP contribution in [0.4, 0.5) is 23.4 Å². The second kappa shape index (κ2) is 9.41. The summed E-state index contributed by atoms with van der Waals surface area (Å²) in [4.78, 5) is 20.7. The standard InChI is InChI=1S/C21H23F4N7O4S/c1-10(2)37(34,35)31-7-14(22)15(8-31)30-19(33)12-4-11(6-27-20(12)36-3)16-5-13(21(23,24)25)17-18(26)28-9-29-32(16)17/h4-6,9-10,14-15H,7-8H2,1-3H3,(H,30,33)(H2,26,28,29)/t14-,15?/m0/s1. The molecule has 3 aromatic rings. The number of alkyl halides is 4. The number of rotatable bonds is 6. The molecule has 11 nitrogen and oxygen atoms in total.